The van der Waals surface area contributed by atoms with Crippen molar-refractivity contribution in [3.63, 3.8) is 0 Å². The molecule has 2 N–H and O–H groups in total. The minimum atomic E-state index is -0.495. The molecule has 1 saturated heterocycles. The van der Waals surface area contributed by atoms with Gasteiger partial charge in [-0.05, 0) is 52.9 Å². The molecule has 0 spiro atoms. The second kappa shape index (κ2) is 7.72. The van der Waals surface area contributed by atoms with Crippen LogP contribution < -0.4 is 10.2 Å². The number of anilines is 1. The van der Waals surface area contributed by atoms with Gasteiger partial charge in [0.15, 0.2) is 0 Å². The molecule has 150 valence electrons. The van der Waals surface area contributed by atoms with Crippen molar-refractivity contribution in [1.29, 1.82) is 0 Å². The smallest absolute Gasteiger partial charge is 0.291 e. The molecule has 0 bridgehead atoms. The van der Waals surface area contributed by atoms with Crippen LogP contribution in [0.2, 0.25) is 0 Å². The Balaban J connectivity index is 1.67. The number of carbonyl (C=O) groups excluding carboxylic acids is 1. The number of amides is 1. The molecule has 2 heterocycles. The first-order chi connectivity index (χ1) is 12.7. The number of carbonyl (C=O) groups is 1. The Bertz CT molecular complexity index is 694. The molecule has 27 heavy (non-hydrogen) atoms. The Kier molecular flexibility index (Phi) is 5.72. The van der Waals surface area contributed by atoms with Crippen LogP contribution in [-0.2, 0) is 0 Å². The maximum absolute atomic E-state index is 12.3. The average molecular weight is 376 g/mol. The van der Waals surface area contributed by atoms with Gasteiger partial charge in [0.2, 0.25) is 5.82 Å². The van der Waals surface area contributed by atoms with Crippen LogP contribution in [0.15, 0.2) is 0 Å². The van der Waals surface area contributed by atoms with Crippen molar-refractivity contribution in [2.24, 2.45) is 0 Å². The molecule has 1 aromatic rings. The van der Waals surface area contributed by atoms with Gasteiger partial charge in [0.05, 0.1) is 5.60 Å². The van der Waals surface area contributed by atoms with Crippen molar-refractivity contribution < 1.29 is 9.90 Å². The molecule has 1 aliphatic carbocycles. The second-order valence-corrected chi connectivity index (χ2v) is 8.65. The number of hydrogen-bond donors (Lipinski definition) is 2. The quantitative estimate of drug-likeness (QED) is 0.833. The molecule has 0 radical (unpaired) electrons. The molecule has 0 unspecified atom stereocenters. The van der Waals surface area contributed by atoms with E-state index < -0.39 is 5.60 Å². The van der Waals surface area contributed by atoms with E-state index in [9.17, 15) is 9.90 Å². The molecule has 1 aromatic heterocycles. The first-order valence-electron chi connectivity index (χ1n) is 9.96. The minimum absolute atomic E-state index is 0.164. The van der Waals surface area contributed by atoms with Crippen molar-refractivity contribution in [3.8, 4) is 0 Å². The van der Waals surface area contributed by atoms with E-state index in [0.717, 1.165) is 62.3 Å². The number of rotatable bonds is 4. The standard InChI is InChI=1S/C20H33N5O2/c1-13-14(2)21-17(19(26)24(4)5)23-18(13)25-11-8-16(12-25)22-15-6-9-20(3,27)10-7-15/h15-16,22,27H,6-12H2,1-5H3/t15?,16-,20?/m1/s1. The molecule has 7 nitrogen and oxygen atoms in total. The van der Waals surface area contributed by atoms with Crippen LogP contribution in [0.4, 0.5) is 5.82 Å². The van der Waals surface area contributed by atoms with E-state index in [0.29, 0.717) is 12.1 Å². The summed E-state index contributed by atoms with van der Waals surface area (Å²) in [6, 6.07) is 0.898. The predicted octanol–water partition coefficient (Wildman–Crippen LogP) is 1.66. The van der Waals surface area contributed by atoms with E-state index in [1.807, 2.05) is 20.8 Å². The summed E-state index contributed by atoms with van der Waals surface area (Å²) in [6.07, 6.45) is 4.84. The van der Waals surface area contributed by atoms with Crippen molar-refractivity contribution in [3.05, 3.63) is 17.1 Å². The van der Waals surface area contributed by atoms with Gasteiger partial charge >= 0.3 is 0 Å². The molecule has 1 atom stereocenters. The normalized spacial score (nSPS) is 28.4. The zero-order valence-corrected chi connectivity index (χ0v) is 17.2. The van der Waals surface area contributed by atoms with Gasteiger partial charge < -0.3 is 20.2 Å². The third kappa shape index (κ3) is 4.58. The summed E-state index contributed by atoms with van der Waals surface area (Å²) in [5.74, 6) is 0.982. The fourth-order valence-electron chi connectivity index (χ4n) is 4.05. The molecule has 1 saturated carbocycles. The van der Waals surface area contributed by atoms with E-state index >= 15 is 0 Å². The summed E-state index contributed by atoms with van der Waals surface area (Å²) in [5.41, 5.74) is 1.40. The Morgan fingerprint density at radius 3 is 2.48 bits per heavy atom. The largest absolute Gasteiger partial charge is 0.390 e. The van der Waals surface area contributed by atoms with Crippen LogP contribution in [0.1, 0.15) is 60.9 Å². The average Bonchev–Trinajstić information content (AvgIpc) is 3.06. The molecule has 2 aliphatic rings. The molecule has 2 fully saturated rings. The highest BCUT2D eigenvalue weighted by Crippen LogP contribution is 2.29. The summed E-state index contributed by atoms with van der Waals surface area (Å²) in [7, 11) is 3.44. The van der Waals surface area contributed by atoms with Gasteiger partial charge in [-0.3, -0.25) is 4.79 Å². The van der Waals surface area contributed by atoms with Crippen molar-refractivity contribution >= 4 is 11.7 Å². The molecular weight excluding hydrogens is 342 g/mol. The SMILES string of the molecule is Cc1nc(C(=O)N(C)C)nc(N2CC[C@@H](NC3CCC(C)(O)CC3)C2)c1C. The lowest BCUT2D eigenvalue weighted by atomic mass is 9.83. The van der Waals surface area contributed by atoms with E-state index in [2.05, 4.69) is 20.2 Å². The Labute approximate surface area is 162 Å². The van der Waals surface area contributed by atoms with Crippen LogP contribution >= 0.6 is 0 Å². The van der Waals surface area contributed by atoms with E-state index in [1.165, 1.54) is 4.90 Å². The van der Waals surface area contributed by atoms with Crippen LogP contribution in [0.5, 0.6) is 0 Å². The maximum Gasteiger partial charge on any atom is 0.291 e. The third-order valence-electron chi connectivity index (χ3n) is 5.98. The van der Waals surface area contributed by atoms with Gasteiger partial charge in [0.1, 0.15) is 5.82 Å². The van der Waals surface area contributed by atoms with E-state index in [-0.39, 0.29) is 11.7 Å². The number of hydrogen-bond acceptors (Lipinski definition) is 6. The van der Waals surface area contributed by atoms with Crippen LogP contribution in [0, 0.1) is 13.8 Å². The lowest BCUT2D eigenvalue weighted by molar-refractivity contribution is 0.0132. The molecular formula is C20H33N5O2. The molecule has 3 rings (SSSR count). The van der Waals surface area contributed by atoms with Crippen LogP contribution in [-0.4, -0.2) is 70.8 Å². The summed E-state index contributed by atoms with van der Waals surface area (Å²) >= 11 is 0. The first-order valence-corrected chi connectivity index (χ1v) is 9.96. The van der Waals surface area contributed by atoms with Gasteiger partial charge in [-0.2, -0.15) is 0 Å². The van der Waals surface area contributed by atoms with Gasteiger partial charge in [-0.1, -0.05) is 0 Å². The van der Waals surface area contributed by atoms with Gasteiger partial charge in [-0.25, -0.2) is 9.97 Å². The van der Waals surface area contributed by atoms with Crippen molar-refractivity contribution in [1.82, 2.24) is 20.2 Å². The van der Waals surface area contributed by atoms with Crippen molar-refractivity contribution in [2.75, 3.05) is 32.1 Å². The Morgan fingerprint density at radius 2 is 1.85 bits per heavy atom. The van der Waals surface area contributed by atoms with Gasteiger partial charge in [0, 0.05) is 50.5 Å². The summed E-state index contributed by atoms with van der Waals surface area (Å²) in [6.45, 7) is 7.72. The number of nitrogens with zero attached hydrogens (tertiary/aromatic N) is 4. The van der Waals surface area contributed by atoms with Crippen LogP contribution in [0.3, 0.4) is 0 Å². The fraction of sp³-hybridized carbons (Fsp3) is 0.750. The maximum atomic E-state index is 12.3. The Hall–Kier alpha value is -1.73. The topological polar surface area (TPSA) is 81.6 Å². The highest BCUT2D eigenvalue weighted by Gasteiger charge is 2.32. The monoisotopic (exact) mass is 375 g/mol. The summed E-state index contributed by atoms with van der Waals surface area (Å²) in [5, 5.41) is 13.9. The highest BCUT2D eigenvalue weighted by molar-refractivity contribution is 5.90. The molecule has 1 amide bonds. The van der Waals surface area contributed by atoms with Crippen molar-refractivity contribution in [2.45, 2.75) is 70.6 Å². The zero-order valence-electron chi connectivity index (χ0n) is 17.2. The lowest BCUT2D eigenvalue weighted by Crippen LogP contribution is -2.45. The first kappa shape index (κ1) is 20.0. The molecule has 7 heteroatoms. The van der Waals surface area contributed by atoms with E-state index in [1.54, 1.807) is 14.1 Å². The lowest BCUT2D eigenvalue weighted by Gasteiger charge is -2.35. The Morgan fingerprint density at radius 1 is 1.19 bits per heavy atom. The number of nitrogens with one attached hydrogen (secondary N) is 1. The summed E-state index contributed by atoms with van der Waals surface area (Å²) in [4.78, 5) is 25.1. The fourth-order valence-corrected chi connectivity index (χ4v) is 4.05. The van der Waals surface area contributed by atoms with Gasteiger partial charge in [-0.15, -0.1) is 0 Å². The number of aryl methyl sites for hydroxylation is 1. The minimum Gasteiger partial charge on any atom is -0.390 e. The predicted molar refractivity (Wildman–Crippen MR) is 106 cm³/mol. The summed E-state index contributed by atoms with van der Waals surface area (Å²) < 4.78 is 0. The molecule has 0 aromatic carbocycles. The van der Waals surface area contributed by atoms with Crippen LogP contribution in [0.25, 0.3) is 0 Å². The van der Waals surface area contributed by atoms with E-state index in [4.69, 9.17) is 0 Å². The zero-order chi connectivity index (χ0) is 19.8. The van der Waals surface area contributed by atoms with Gasteiger partial charge in [0.25, 0.3) is 5.91 Å². The highest BCUT2D eigenvalue weighted by atomic mass is 16.3. The third-order valence-corrected chi connectivity index (χ3v) is 5.98. The second-order valence-electron chi connectivity index (χ2n) is 8.65. The number of aliphatic hydroxyl groups is 1. The molecule has 1 aliphatic heterocycles. The number of aromatic nitrogens is 2.